The number of carboxylic acids is 1. The Morgan fingerprint density at radius 1 is 1.32 bits per heavy atom. The van der Waals surface area contributed by atoms with E-state index in [-0.39, 0.29) is 5.84 Å². The van der Waals surface area contributed by atoms with Crippen LogP contribution in [0.4, 0.5) is 4.79 Å². The van der Waals surface area contributed by atoms with E-state index in [1.807, 2.05) is 0 Å². The van der Waals surface area contributed by atoms with E-state index in [2.05, 4.69) is 0 Å². The lowest BCUT2D eigenvalue weighted by molar-refractivity contribution is -0.143. The molecule has 0 unspecified atom stereocenters. The summed E-state index contributed by atoms with van der Waals surface area (Å²) in [5.41, 5.74) is 5.11. The number of amides is 3. The molecule has 1 saturated heterocycles. The van der Waals surface area contributed by atoms with Gasteiger partial charge in [0.05, 0.1) is 0 Å². The van der Waals surface area contributed by atoms with Crippen LogP contribution in [-0.2, 0) is 15.1 Å². The van der Waals surface area contributed by atoms with Crippen molar-refractivity contribution in [3.8, 4) is 0 Å². The van der Waals surface area contributed by atoms with Gasteiger partial charge in [-0.05, 0) is 12.5 Å². The van der Waals surface area contributed by atoms with Crippen molar-refractivity contribution in [3.63, 3.8) is 0 Å². The number of aliphatic carboxylic acids is 1. The molecule has 1 aliphatic rings. The number of nitrogen functional groups attached to an aromatic ring is 1. The Balaban J connectivity index is 2.43. The Kier molecular flexibility index (Phi) is 3.62. The standard InChI is InChI=1S/C14H16N4O4/c1-14(9-5-3-8(4-6-9)11(15)16)12(21)18(7-10(19)20)13(22)17(14)2/h3-6H,7H2,1-2H3,(H3,15,16)(H,19,20)/t14-/m1/s1. The summed E-state index contributed by atoms with van der Waals surface area (Å²) >= 11 is 0. The first-order valence-corrected chi connectivity index (χ1v) is 6.46. The highest BCUT2D eigenvalue weighted by Gasteiger charge is 2.53. The topological polar surface area (TPSA) is 128 Å². The SMILES string of the molecule is CN1C(=O)N(CC(=O)O)C(=O)[C@@]1(C)c1ccc(C(=N)N)cc1. The normalized spacial score (nSPS) is 21.4. The van der Waals surface area contributed by atoms with Gasteiger partial charge in [-0.15, -0.1) is 0 Å². The number of carbonyl (C=O) groups excluding carboxylic acids is 2. The molecule has 3 amide bonds. The van der Waals surface area contributed by atoms with Crippen LogP contribution in [0.5, 0.6) is 0 Å². The van der Waals surface area contributed by atoms with Crippen LogP contribution in [0.3, 0.4) is 0 Å². The molecule has 0 spiro atoms. The average Bonchev–Trinajstić information content (AvgIpc) is 2.63. The zero-order valence-corrected chi connectivity index (χ0v) is 12.2. The summed E-state index contributed by atoms with van der Waals surface area (Å²) in [4.78, 5) is 37.4. The third kappa shape index (κ3) is 2.18. The van der Waals surface area contributed by atoms with Gasteiger partial charge in [0, 0.05) is 12.6 Å². The number of hydrogen-bond acceptors (Lipinski definition) is 4. The maximum absolute atomic E-state index is 12.5. The van der Waals surface area contributed by atoms with Crippen molar-refractivity contribution in [1.82, 2.24) is 9.80 Å². The lowest BCUT2D eigenvalue weighted by Crippen LogP contribution is -2.42. The lowest BCUT2D eigenvalue weighted by Gasteiger charge is -2.29. The van der Waals surface area contributed by atoms with Crippen LogP contribution in [0.25, 0.3) is 0 Å². The molecule has 1 aromatic rings. The Labute approximate surface area is 126 Å². The number of urea groups is 1. The van der Waals surface area contributed by atoms with Crippen molar-refractivity contribution in [3.05, 3.63) is 35.4 Å². The Morgan fingerprint density at radius 3 is 2.32 bits per heavy atom. The number of nitrogens with one attached hydrogen (secondary N) is 1. The zero-order valence-electron chi connectivity index (χ0n) is 12.2. The van der Waals surface area contributed by atoms with Crippen LogP contribution in [0, 0.1) is 5.41 Å². The lowest BCUT2D eigenvalue weighted by atomic mass is 9.90. The molecule has 116 valence electrons. The van der Waals surface area contributed by atoms with Crippen LogP contribution in [0.1, 0.15) is 18.1 Å². The van der Waals surface area contributed by atoms with E-state index in [1.165, 1.54) is 11.9 Å². The first-order valence-electron chi connectivity index (χ1n) is 6.46. The van der Waals surface area contributed by atoms with Gasteiger partial charge in [0.15, 0.2) is 0 Å². The molecule has 0 radical (unpaired) electrons. The maximum atomic E-state index is 12.5. The Morgan fingerprint density at radius 2 is 1.86 bits per heavy atom. The summed E-state index contributed by atoms with van der Waals surface area (Å²) in [7, 11) is 1.45. The highest BCUT2D eigenvalue weighted by molar-refractivity contribution is 6.08. The molecule has 1 aliphatic heterocycles. The van der Waals surface area contributed by atoms with Gasteiger partial charge in [-0.3, -0.25) is 19.9 Å². The third-order valence-electron chi connectivity index (χ3n) is 3.90. The highest BCUT2D eigenvalue weighted by atomic mass is 16.4. The number of imide groups is 1. The maximum Gasteiger partial charge on any atom is 0.328 e. The van der Waals surface area contributed by atoms with Crippen molar-refractivity contribution in [1.29, 1.82) is 5.41 Å². The molecule has 0 aromatic heterocycles. The Hall–Kier alpha value is -2.90. The van der Waals surface area contributed by atoms with E-state index >= 15 is 0 Å². The second-order valence-corrected chi connectivity index (χ2v) is 5.19. The number of benzene rings is 1. The highest BCUT2D eigenvalue weighted by Crippen LogP contribution is 2.35. The minimum atomic E-state index is -1.29. The molecule has 0 bridgehead atoms. The van der Waals surface area contributed by atoms with E-state index < -0.39 is 30.0 Å². The van der Waals surface area contributed by atoms with Crippen LogP contribution in [0.15, 0.2) is 24.3 Å². The summed E-state index contributed by atoms with van der Waals surface area (Å²) in [5, 5.41) is 16.2. The molecular formula is C14H16N4O4. The molecular weight excluding hydrogens is 288 g/mol. The summed E-state index contributed by atoms with van der Waals surface area (Å²) in [5.74, 6) is -1.96. The van der Waals surface area contributed by atoms with Gasteiger partial charge >= 0.3 is 12.0 Å². The van der Waals surface area contributed by atoms with Gasteiger partial charge in [0.25, 0.3) is 5.91 Å². The van der Waals surface area contributed by atoms with E-state index in [4.69, 9.17) is 16.2 Å². The average molecular weight is 304 g/mol. The van der Waals surface area contributed by atoms with Gasteiger partial charge in [-0.25, -0.2) is 4.79 Å². The molecule has 0 saturated carbocycles. The number of carboxylic acid groups (broad SMARTS) is 1. The number of nitrogens with two attached hydrogens (primary N) is 1. The fourth-order valence-electron chi connectivity index (χ4n) is 2.43. The fraction of sp³-hybridized carbons (Fsp3) is 0.286. The van der Waals surface area contributed by atoms with Gasteiger partial charge in [0.1, 0.15) is 17.9 Å². The number of amidine groups is 1. The van der Waals surface area contributed by atoms with Crippen molar-refractivity contribution in [2.75, 3.05) is 13.6 Å². The largest absolute Gasteiger partial charge is 0.480 e. The van der Waals surface area contributed by atoms with E-state index in [0.717, 1.165) is 0 Å². The van der Waals surface area contributed by atoms with Gasteiger partial charge in [0.2, 0.25) is 0 Å². The molecule has 0 aliphatic carbocycles. The molecule has 1 fully saturated rings. The minimum absolute atomic E-state index is 0.105. The minimum Gasteiger partial charge on any atom is -0.480 e. The predicted molar refractivity (Wildman–Crippen MR) is 77.3 cm³/mol. The number of likely N-dealkylation sites (N-methyl/N-ethyl adjacent to an activating group) is 1. The van der Waals surface area contributed by atoms with E-state index in [9.17, 15) is 14.4 Å². The molecule has 2 rings (SSSR count). The summed E-state index contributed by atoms with van der Waals surface area (Å²) in [6, 6.07) is 5.69. The Bertz CT molecular complexity index is 670. The van der Waals surface area contributed by atoms with Gasteiger partial charge in [-0.2, -0.15) is 0 Å². The molecule has 4 N–H and O–H groups in total. The smallest absolute Gasteiger partial charge is 0.328 e. The first kappa shape index (κ1) is 15.5. The van der Waals surface area contributed by atoms with Crippen LogP contribution in [0.2, 0.25) is 0 Å². The van der Waals surface area contributed by atoms with Gasteiger partial charge in [-0.1, -0.05) is 24.3 Å². The van der Waals surface area contributed by atoms with E-state index in [0.29, 0.717) is 16.0 Å². The molecule has 1 atom stereocenters. The quantitative estimate of drug-likeness (QED) is 0.415. The number of carbonyl (C=O) groups is 3. The summed E-state index contributed by atoms with van der Waals surface area (Å²) < 4.78 is 0. The molecule has 8 heteroatoms. The van der Waals surface area contributed by atoms with E-state index in [1.54, 1.807) is 31.2 Å². The molecule has 1 heterocycles. The fourth-order valence-corrected chi connectivity index (χ4v) is 2.43. The van der Waals surface area contributed by atoms with Crippen LogP contribution in [-0.4, -0.2) is 52.2 Å². The molecule has 1 aromatic carbocycles. The van der Waals surface area contributed by atoms with Crippen LogP contribution < -0.4 is 5.73 Å². The van der Waals surface area contributed by atoms with Crippen molar-refractivity contribution in [2.24, 2.45) is 5.73 Å². The second kappa shape index (κ2) is 5.14. The first-order chi connectivity index (χ1) is 10.2. The molecule has 22 heavy (non-hydrogen) atoms. The van der Waals surface area contributed by atoms with Crippen molar-refractivity contribution < 1.29 is 19.5 Å². The number of hydrogen-bond donors (Lipinski definition) is 3. The second-order valence-electron chi connectivity index (χ2n) is 5.19. The third-order valence-corrected chi connectivity index (χ3v) is 3.90. The van der Waals surface area contributed by atoms with Crippen molar-refractivity contribution in [2.45, 2.75) is 12.5 Å². The molecule has 8 nitrogen and oxygen atoms in total. The zero-order chi connectivity index (χ0) is 16.7. The summed E-state index contributed by atoms with van der Waals surface area (Å²) in [6.45, 7) is 0.876. The van der Waals surface area contributed by atoms with Crippen LogP contribution >= 0.6 is 0 Å². The summed E-state index contributed by atoms with van der Waals surface area (Å²) in [6.07, 6.45) is 0. The predicted octanol–water partition coefficient (Wildman–Crippen LogP) is 0.164. The number of nitrogens with zero attached hydrogens (tertiary/aromatic N) is 2. The number of rotatable bonds is 4. The van der Waals surface area contributed by atoms with Gasteiger partial charge < -0.3 is 15.7 Å². The monoisotopic (exact) mass is 304 g/mol. The van der Waals surface area contributed by atoms with Crippen molar-refractivity contribution >= 4 is 23.7 Å².